The van der Waals surface area contributed by atoms with Gasteiger partial charge in [-0.2, -0.15) is 0 Å². The molecule has 0 bridgehead atoms. The zero-order valence-electron chi connectivity index (χ0n) is 29.6. The van der Waals surface area contributed by atoms with Gasteiger partial charge in [-0.25, -0.2) is 9.69 Å². The van der Waals surface area contributed by atoms with E-state index in [4.69, 9.17) is 18.3 Å². The molecule has 2 aliphatic rings. The van der Waals surface area contributed by atoms with E-state index < -0.39 is 22.7 Å². The fraction of sp³-hybridized carbons (Fsp3) is 0.622. The van der Waals surface area contributed by atoms with Crippen molar-refractivity contribution in [3.05, 3.63) is 60.7 Å². The number of carbonyl (C=O) groups excluding carboxylic acids is 2. The van der Waals surface area contributed by atoms with Gasteiger partial charge in [0.2, 0.25) is 14.2 Å². The number of hydrogen-bond acceptors (Lipinski definition) is 6. The largest absolute Gasteiger partial charge is 0.447 e. The molecule has 0 N–H and O–H groups in total. The molecule has 2 aromatic carbocycles. The third-order valence-electron chi connectivity index (χ3n) is 10.2. The van der Waals surface area contributed by atoms with Crippen LogP contribution in [0.25, 0.3) is 0 Å². The standard InChI is InChI=1S/C37H57NO6Si2/c1-27(2)45(28(3)4,29(5)6)44-32-24-30(43-31(25-32)26-35(39)38-21-23-41-36(38)40)20-22-42-46(37(7,8)9,33-16-12-10-13-17-33)34-18-14-11-15-19-34/h10-19,27-32H,20-26H2,1-9H3/t30-,31-,32+/m1/s1. The summed E-state index contributed by atoms with van der Waals surface area (Å²) in [5.41, 5.74) is 1.35. The van der Waals surface area contributed by atoms with E-state index >= 15 is 0 Å². The lowest BCUT2D eigenvalue weighted by atomic mass is 9.97. The molecule has 2 fully saturated rings. The lowest BCUT2D eigenvalue weighted by Gasteiger charge is -2.47. The molecule has 0 spiro atoms. The maximum absolute atomic E-state index is 13.2. The van der Waals surface area contributed by atoms with Gasteiger partial charge in [-0.1, -0.05) is 123 Å². The van der Waals surface area contributed by atoms with Crippen LogP contribution < -0.4 is 10.4 Å². The second-order valence-corrected chi connectivity index (χ2v) is 24.8. The van der Waals surface area contributed by atoms with Crippen molar-refractivity contribution in [2.75, 3.05) is 19.8 Å². The molecule has 0 aromatic heterocycles. The summed E-state index contributed by atoms with van der Waals surface area (Å²) in [7, 11) is -4.87. The Balaban J connectivity index is 1.59. The number of carbonyl (C=O) groups is 2. The fourth-order valence-electron chi connectivity index (χ4n) is 8.21. The molecule has 2 saturated heterocycles. The molecule has 3 atom stereocenters. The SMILES string of the molecule is CC(C)[Si](O[C@H]1C[C@@H](CCO[Si](c2ccccc2)(c2ccccc2)C(C)(C)C)O[C@@H](CC(=O)N2CCOC2=O)C1)(C(C)C)C(C)C. The first-order valence-corrected chi connectivity index (χ1v) is 21.3. The van der Waals surface area contributed by atoms with Crippen molar-refractivity contribution < 1.29 is 27.9 Å². The Labute approximate surface area is 279 Å². The number of cyclic esters (lactones) is 1. The molecule has 46 heavy (non-hydrogen) atoms. The zero-order valence-corrected chi connectivity index (χ0v) is 31.6. The van der Waals surface area contributed by atoms with Crippen LogP contribution in [-0.4, -0.2) is 71.6 Å². The van der Waals surface area contributed by atoms with E-state index in [0.29, 0.717) is 42.6 Å². The smallest absolute Gasteiger partial charge is 0.416 e. The van der Waals surface area contributed by atoms with Crippen LogP contribution >= 0.6 is 0 Å². The molecule has 254 valence electrons. The second kappa shape index (κ2) is 15.3. The second-order valence-electron chi connectivity index (χ2n) is 15.1. The van der Waals surface area contributed by atoms with Crippen LogP contribution in [0.2, 0.25) is 21.7 Å². The van der Waals surface area contributed by atoms with E-state index in [0.717, 1.165) is 6.42 Å². The summed E-state index contributed by atoms with van der Waals surface area (Å²) in [6, 6.07) is 21.4. The molecule has 2 amide bonds. The minimum atomic E-state index is -2.69. The summed E-state index contributed by atoms with van der Waals surface area (Å²) in [5, 5.41) is 2.38. The first kappa shape index (κ1) is 36.5. The Morgan fingerprint density at radius 2 is 1.39 bits per heavy atom. The van der Waals surface area contributed by atoms with Gasteiger partial charge in [0.1, 0.15) is 6.61 Å². The Bertz CT molecular complexity index is 1220. The lowest BCUT2D eigenvalue weighted by molar-refractivity contribution is -0.138. The first-order chi connectivity index (χ1) is 21.7. The number of benzene rings is 2. The molecule has 9 heteroatoms. The molecule has 0 radical (unpaired) electrons. The van der Waals surface area contributed by atoms with Crippen molar-refractivity contribution in [3.8, 4) is 0 Å². The van der Waals surface area contributed by atoms with E-state index in [1.807, 2.05) is 0 Å². The Morgan fingerprint density at radius 1 is 0.870 bits per heavy atom. The molecule has 2 heterocycles. The number of amides is 2. The first-order valence-electron chi connectivity index (χ1n) is 17.3. The highest BCUT2D eigenvalue weighted by molar-refractivity contribution is 6.99. The summed E-state index contributed by atoms with van der Waals surface area (Å²) in [6.07, 6.45) is 1.20. The van der Waals surface area contributed by atoms with Crippen molar-refractivity contribution >= 4 is 39.0 Å². The van der Waals surface area contributed by atoms with Crippen LogP contribution in [0.5, 0.6) is 0 Å². The quantitative estimate of drug-likeness (QED) is 0.207. The van der Waals surface area contributed by atoms with Crippen molar-refractivity contribution in [1.29, 1.82) is 0 Å². The van der Waals surface area contributed by atoms with Crippen LogP contribution in [0.15, 0.2) is 60.7 Å². The zero-order chi connectivity index (χ0) is 33.7. The third kappa shape index (κ3) is 7.70. The van der Waals surface area contributed by atoms with Crippen LogP contribution in [-0.2, 0) is 23.1 Å². The number of hydrogen-bond donors (Lipinski definition) is 0. The normalized spacial score (nSPS) is 21.3. The number of rotatable bonds is 13. The minimum absolute atomic E-state index is 0.0196. The van der Waals surface area contributed by atoms with Gasteiger partial charge < -0.3 is 18.3 Å². The van der Waals surface area contributed by atoms with Crippen LogP contribution in [0.4, 0.5) is 4.79 Å². The van der Waals surface area contributed by atoms with Crippen LogP contribution in [0.3, 0.4) is 0 Å². The number of ether oxygens (including phenoxy) is 2. The minimum Gasteiger partial charge on any atom is -0.447 e. The van der Waals surface area contributed by atoms with Gasteiger partial charge in [0.05, 0.1) is 31.3 Å². The van der Waals surface area contributed by atoms with Gasteiger partial charge in [0.15, 0.2) is 0 Å². The average Bonchev–Trinajstić information content (AvgIpc) is 3.43. The molecule has 7 nitrogen and oxygen atoms in total. The summed E-state index contributed by atoms with van der Waals surface area (Å²) >= 11 is 0. The maximum Gasteiger partial charge on any atom is 0.416 e. The molecular weight excluding hydrogens is 611 g/mol. The van der Waals surface area contributed by atoms with Crippen LogP contribution in [0.1, 0.15) is 88.0 Å². The number of nitrogens with zero attached hydrogens (tertiary/aromatic N) is 1. The summed E-state index contributed by atoms with van der Waals surface area (Å²) in [4.78, 5) is 26.6. The van der Waals surface area contributed by atoms with Crippen molar-refractivity contribution in [1.82, 2.24) is 4.90 Å². The highest BCUT2D eigenvalue weighted by atomic mass is 28.4. The van der Waals surface area contributed by atoms with Gasteiger partial charge in [-0.15, -0.1) is 0 Å². The van der Waals surface area contributed by atoms with E-state index in [1.54, 1.807) is 0 Å². The maximum atomic E-state index is 13.2. The summed E-state index contributed by atoms with van der Waals surface area (Å²) in [5.74, 6) is -0.240. The summed E-state index contributed by atoms with van der Waals surface area (Å²) in [6.45, 7) is 21.8. The van der Waals surface area contributed by atoms with E-state index in [-0.39, 0.29) is 42.3 Å². The van der Waals surface area contributed by atoms with Crippen molar-refractivity contribution in [3.63, 3.8) is 0 Å². The van der Waals surface area contributed by atoms with Gasteiger partial charge in [-0.3, -0.25) is 4.79 Å². The Kier molecular flexibility index (Phi) is 12.1. The van der Waals surface area contributed by atoms with Gasteiger partial charge >= 0.3 is 6.09 Å². The molecule has 0 aliphatic carbocycles. The molecule has 2 aromatic rings. The molecule has 0 saturated carbocycles. The van der Waals surface area contributed by atoms with Crippen LogP contribution in [0, 0.1) is 0 Å². The van der Waals surface area contributed by atoms with Gasteiger partial charge in [-0.05, 0) is 51.3 Å². The average molecular weight is 668 g/mol. The molecular formula is C37H57NO6Si2. The highest BCUT2D eigenvalue weighted by Gasteiger charge is 2.51. The third-order valence-corrected chi connectivity index (χ3v) is 21.4. The van der Waals surface area contributed by atoms with Crippen molar-refractivity contribution in [2.45, 2.75) is 128 Å². The fourth-order valence-corrected chi connectivity index (χ4v) is 18.4. The number of imide groups is 1. The molecule has 4 rings (SSSR count). The van der Waals surface area contributed by atoms with Crippen molar-refractivity contribution in [2.24, 2.45) is 0 Å². The highest BCUT2D eigenvalue weighted by Crippen LogP contribution is 2.45. The lowest BCUT2D eigenvalue weighted by Crippen LogP contribution is -2.66. The van der Waals surface area contributed by atoms with E-state index in [2.05, 4.69) is 123 Å². The van der Waals surface area contributed by atoms with E-state index in [9.17, 15) is 9.59 Å². The van der Waals surface area contributed by atoms with Gasteiger partial charge in [0.25, 0.3) is 8.32 Å². The Hall–Kier alpha value is -2.31. The predicted octanol–water partition coefficient (Wildman–Crippen LogP) is 7.43. The van der Waals surface area contributed by atoms with Gasteiger partial charge in [0, 0.05) is 6.61 Å². The molecule has 0 unspecified atom stereocenters. The topological polar surface area (TPSA) is 74.3 Å². The molecule has 2 aliphatic heterocycles. The van der Waals surface area contributed by atoms with E-state index in [1.165, 1.54) is 15.3 Å². The Morgan fingerprint density at radius 3 is 1.85 bits per heavy atom. The predicted molar refractivity (Wildman–Crippen MR) is 190 cm³/mol. The summed E-state index contributed by atoms with van der Waals surface area (Å²) < 4.78 is 26.2. The monoisotopic (exact) mass is 667 g/mol.